The SMILES string of the molecule is COc1cc(NC(=O)NCCOc2ccc(C)cc2)c(OC)cc1Cl. The Kier molecular flexibility index (Phi) is 6.77. The van der Waals surface area contributed by atoms with Gasteiger partial charge in [0.2, 0.25) is 0 Å². The predicted molar refractivity (Wildman–Crippen MR) is 98.3 cm³/mol. The van der Waals surface area contributed by atoms with Gasteiger partial charge >= 0.3 is 6.03 Å². The molecule has 2 rings (SSSR count). The van der Waals surface area contributed by atoms with E-state index in [4.69, 9.17) is 25.8 Å². The fraction of sp³-hybridized carbons (Fsp3) is 0.278. The fourth-order valence-electron chi connectivity index (χ4n) is 2.09. The van der Waals surface area contributed by atoms with Crippen LogP contribution >= 0.6 is 11.6 Å². The Labute approximate surface area is 152 Å². The quantitative estimate of drug-likeness (QED) is 0.732. The van der Waals surface area contributed by atoms with Gasteiger partial charge in [0, 0.05) is 12.1 Å². The number of hydrogen-bond acceptors (Lipinski definition) is 4. The smallest absolute Gasteiger partial charge is 0.319 e. The van der Waals surface area contributed by atoms with E-state index in [1.165, 1.54) is 14.2 Å². The summed E-state index contributed by atoms with van der Waals surface area (Å²) in [5.74, 6) is 1.65. The van der Waals surface area contributed by atoms with Crippen LogP contribution in [0.15, 0.2) is 36.4 Å². The molecule has 0 heterocycles. The van der Waals surface area contributed by atoms with Gasteiger partial charge in [-0.05, 0) is 19.1 Å². The molecule has 2 aromatic carbocycles. The van der Waals surface area contributed by atoms with Gasteiger partial charge in [-0.3, -0.25) is 0 Å². The van der Waals surface area contributed by atoms with Crippen LogP contribution in [0.1, 0.15) is 5.56 Å². The Morgan fingerprint density at radius 2 is 1.76 bits per heavy atom. The normalized spacial score (nSPS) is 10.1. The summed E-state index contributed by atoms with van der Waals surface area (Å²) >= 11 is 6.04. The van der Waals surface area contributed by atoms with Crippen molar-refractivity contribution in [2.45, 2.75) is 6.92 Å². The third-order valence-electron chi connectivity index (χ3n) is 3.40. The van der Waals surface area contributed by atoms with Gasteiger partial charge in [-0.25, -0.2) is 4.79 Å². The molecule has 0 saturated carbocycles. The molecule has 0 radical (unpaired) electrons. The van der Waals surface area contributed by atoms with Crippen molar-refractivity contribution in [3.05, 3.63) is 47.0 Å². The van der Waals surface area contributed by atoms with E-state index in [0.29, 0.717) is 35.4 Å². The molecule has 0 aliphatic carbocycles. The molecule has 7 heteroatoms. The van der Waals surface area contributed by atoms with Gasteiger partial charge in [-0.1, -0.05) is 29.3 Å². The van der Waals surface area contributed by atoms with Crippen molar-refractivity contribution in [2.75, 3.05) is 32.7 Å². The lowest BCUT2D eigenvalue weighted by atomic mass is 10.2. The fourth-order valence-corrected chi connectivity index (χ4v) is 2.32. The highest BCUT2D eigenvalue weighted by Gasteiger charge is 2.12. The summed E-state index contributed by atoms with van der Waals surface area (Å²) in [7, 11) is 3.00. The van der Waals surface area contributed by atoms with Crippen molar-refractivity contribution in [1.82, 2.24) is 5.32 Å². The van der Waals surface area contributed by atoms with Crippen molar-refractivity contribution >= 4 is 23.3 Å². The highest BCUT2D eigenvalue weighted by Crippen LogP contribution is 2.35. The molecule has 2 aromatic rings. The third-order valence-corrected chi connectivity index (χ3v) is 3.69. The first-order chi connectivity index (χ1) is 12.0. The summed E-state index contributed by atoms with van der Waals surface area (Å²) < 4.78 is 15.9. The monoisotopic (exact) mass is 364 g/mol. The van der Waals surface area contributed by atoms with Crippen molar-refractivity contribution in [3.8, 4) is 17.2 Å². The van der Waals surface area contributed by atoms with Crippen molar-refractivity contribution < 1.29 is 19.0 Å². The van der Waals surface area contributed by atoms with E-state index in [1.54, 1.807) is 12.1 Å². The Hall–Kier alpha value is -2.60. The van der Waals surface area contributed by atoms with Crippen LogP contribution in [0.3, 0.4) is 0 Å². The summed E-state index contributed by atoms with van der Waals surface area (Å²) in [6.07, 6.45) is 0. The van der Waals surface area contributed by atoms with E-state index in [-0.39, 0.29) is 6.03 Å². The van der Waals surface area contributed by atoms with Crippen LogP contribution in [-0.4, -0.2) is 33.4 Å². The largest absolute Gasteiger partial charge is 0.495 e. The minimum absolute atomic E-state index is 0.354. The molecule has 0 fully saturated rings. The second kappa shape index (κ2) is 9.03. The number of anilines is 1. The molecule has 0 atom stereocenters. The van der Waals surface area contributed by atoms with Gasteiger partial charge in [-0.15, -0.1) is 0 Å². The number of carbonyl (C=O) groups excluding carboxylic acids is 1. The number of urea groups is 1. The van der Waals surface area contributed by atoms with E-state index in [2.05, 4.69) is 10.6 Å². The minimum atomic E-state index is -0.379. The van der Waals surface area contributed by atoms with E-state index in [9.17, 15) is 4.79 Å². The maximum atomic E-state index is 12.0. The van der Waals surface area contributed by atoms with Gasteiger partial charge in [0.05, 0.1) is 31.5 Å². The van der Waals surface area contributed by atoms with Gasteiger partial charge in [0.1, 0.15) is 23.9 Å². The first-order valence-corrected chi connectivity index (χ1v) is 8.07. The molecule has 0 spiro atoms. The summed E-state index contributed by atoms with van der Waals surface area (Å²) in [4.78, 5) is 12.0. The van der Waals surface area contributed by atoms with Crippen LogP contribution in [0.25, 0.3) is 0 Å². The zero-order valence-corrected chi connectivity index (χ0v) is 15.1. The highest BCUT2D eigenvalue weighted by atomic mass is 35.5. The van der Waals surface area contributed by atoms with Crippen LogP contribution in [0.4, 0.5) is 10.5 Å². The number of aryl methyl sites for hydroxylation is 1. The average molecular weight is 365 g/mol. The van der Waals surface area contributed by atoms with Gasteiger partial charge in [-0.2, -0.15) is 0 Å². The number of hydrogen-bond donors (Lipinski definition) is 2. The average Bonchev–Trinajstić information content (AvgIpc) is 2.61. The second-order valence-electron chi connectivity index (χ2n) is 5.23. The number of rotatable bonds is 7. The van der Waals surface area contributed by atoms with E-state index < -0.39 is 0 Å². The molecule has 0 bridgehead atoms. The first-order valence-electron chi connectivity index (χ1n) is 7.69. The van der Waals surface area contributed by atoms with E-state index in [1.807, 2.05) is 31.2 Å². The van der Waals surface area contributed by atoms with E-state index in [0.717, 1.165) is 11.3 Å². The molecule has 2 N–H and O–H groups in total. The van der Waals surface area contributed by atoms with Gasteiger partial charge in [0.15, 0.2) is 0 Å². The molecule has 0 aliphatic heterocycles. The second-order valence-corrected chi connectivity index (χ2v) is 5.64. The summed E-state index contributed by atoms with van der Waals surface area (Å²) in [6.45, 7) is 2.72. The number of carbonyl (C=O) groups is 1. The Morgan fingerprint density at radius 3 is 2.40 bits per heavy atom. The maximum Gasteiger partial charge on any atom is 0.319 e. The molecule has 0 unspecified atom stereocenters. The summed E-state index contributed by atoms with van der Waals surface area (Å²) in [5.41, 5.74) is 1.62. The van der Waals surface area contributed by atoms with Crippen molar-refractivity contribution in [1.29, 1.82) is 0 Å². The molecule has 2 amide bonds. The number of halogens is 1. The topological polar surface area (TPSA) is 68.8 Å². The molecule has 6 nitrogen and oxygen atoms in total. The number of methoxy groups -OCH3 is 2. The number of amides is 2. The van der Waals surface area contributed by atoms with Crippen LogP contribution in [0.2, 0.25) is 5.02 Å². The van der Waals surface area contributed by atoms with Gasteiger partial charge in [0.25, 0.3) is 0 Å². The minimum Gasteiger partial charge on any atom is -0.495 e. The Bertz CT molecular complexity index is 720. The molecular formula is C18H21ClN2O4. The van der Waals surface area contributed by atoms with Crippen LogP contribution in [-0.2, 0) is 0 Å². The summed E-state index contributed by atoms with van der Waals surface area (Å²) in [5, 5.41) is 5.81. The zero-order chi connectivity index (χ0) is 18.2. The number of nitrogens with one attached hydrogen (secondary N) is 2. The predicted octanol–water partition coefficient (Wildman–Crippen LogP) is 3.87. The standard InChI is InChI=1S/C18H21ClN2O4/c1-12-4-6-13(7-5-12)25-9-8-20-18(22)21-15-11-16(23-2)14(19)10-17(15)24-3/h4-7,10-11H,8-9H2,1-3H3,(H2,20,21,22). The van der Waals surface area contributed by atoms with Crippen LogP contribution in [0.5, 0.6) is 17.2 Å². The molecular weight excluding hydrogens is 344 g/mol. The first kappa shape index (κ1) is 18.7. The number of ether oxygens (including phenoxy) is 3. The maximum absolute atomic E-state index is 12.0. The summed E-state index contributed by atoms with van der Waals surface area (Å²) in [6, 6.07) is 10.5. The van der Waals surface area contributed by atoms with E-state index >= 15 is 0 Å². The van der Waals surface area contributed by atoms with Gasteiger partial charge < -0.3 is 24.8 Å². The number of benzene rings is 2. The lowest BCUT2D eigenvalue weighted by Crippen LogP contribution is -2.32. The Morgan fingerprint density at radius 1 is 1.08 bits per heavy atom. The molecule has 25 heavy (non-hydrogen) atoms. The molecule has 0 aromatic heterocycles. The lowest BCUT2D eigenvalue weighted by molar-refractivity contribution is 0.247. The van der Waals surface area contributed by atoms with Crippen molar-refractivity contribution in [3.63, 3.8) is 0 Å². The Balaban J connectivity index is 1.84. The lowest BCUT2D eigenvalue weighted by Gasteiger charge is -2.14. The third kappa shape index (κ3) is 5.46. The highest BCUT2D eigenvalue weighted by molar-refractivity contribution is 6.32. The molecule has 134 valence electrons. The van der Waals surface area contributed by atoms with Crippen molar-refractivity contribution in [2.24, 2.45) is 0 Å². The zero-order valence-electron chi connectivity index (χ0n) is 14.4. The molecule has 0 aliphatic rings. The van der Waals surface area contributed by atoms with Crippen LogP contribution < -0.4 is 24.8 Å². The molecule has 0 saturated heterocycles. The van der Waals surface area contributed by atoms with Crippen LogP contribution in [0, 0.1) is 6.92 Å².